The highest BCUT2D eigenvalue weighted by molar-refractivity contribution is 6.14. The van der Waals surface area contributed by atoms with Gasteiger partial charge in [0.25, 0.3) is 5.91 Å². The number of ether oxygens (including phenoxy) is 1. The Morgan fingerprint density at radius 3 is 2.06 bits per heavy atom. The van der Waals surface area contributed by atoms with Crippen LogP contribution in [0.3, 0.4) is 0 Å². The van der Waals surface area contributed by atoms with Gasteiger partial charge in [0.05, 0.1) is 6.61 Å². The Morgan fingerprint density at radius 1 is 0.673 bits per heavy atom. The lowest BCUT2D eigenvalue weighted by Gasteiger charge is -2.24. The average Bonchev–Trinajstić information content (AvgIpc) is 3.15. The third kappa shape index (κ3) is 8.03. The van der Waals surface area contributed by atoms with E-state index in [1.54, 1.807) is 53.4 Å². The minimum atomic E-state index is -1.02. The molecule has 0 aliphatic rings. The number of nitrogens with zero attached hydrogens (tertiary/aromatic N) is 1. The van der Waals surface area contributed by atoms with Crippen molar-refractivity contribution in [2.45, 2.75) is 18.9 Å². The van der Waals surface area contributed by atoms with Gasteiger partial charge in [0.2, 0.25) is 0 Å². The number of amides is 1. The van der Waals surface area contributed by atoms with E-state index < -0.39 is 12.0 Å². The molecule has 0 spiro atoms. The molecule has 7 nitrogen and oxygen atoms in total. The molecule has 7 heteroatoms. The molecule has 0 heterocycles. The number of fused-ring (bicyclic) bond motifs is 1. The molecule has 0 radical (unpaired) electrons. The summed E-state index contributed by atoms with van der Waals surface area (Å²) in [6, 6.07) is 45.5. The first kappa shape index (κ1) is 32.7. The predicted molar refractivity (Wildman–Crippen MR) is 194 cm³/mol. The number of carbonyl (C=O) groups excluding carboxylic acids is 2. The Hall–Kier alpha value is -6.21. The van der Waals surface area contributed by atoms with Crippen molar-refractivity contribution in [1.29, 1.82) is 0 Å². The van der Waals surface area contributed by atoms with Gasteiger partial charge in [-0.1, -0.05) is 109 Å². The summed E-state index contributed by atoms with van der Waals surface area (Å²) in [5.74, 6) is -0.627. The van der Waals surface area contributed by atoms with Gasteiger partial charge in [-0.2, -0.15) is 0 Å². The lowest BCUT2D eigenvalue weighted by atomic mass is 10.00. The smallest absolute Gasteiger partial charge is 0.326 e. The number of hydrogen-bond acceptors (Lipinski definition) is 5. The second-order valence-corrected chi connectivity index (χ2v) is 11.6. The fraction of sp³-hybridized carbons (Fsp3) is 0.119. The fourth-order valence-electron chi connectivity index (χ4n) is 5.82. The Morgan fingerprint density at radius 2 is 1.31 bits per heavy atom. The molecular formula is C42H36N2O5. The molecule has 6 rings (SSSR count). The molecule has 0 aliphatic heterocycles. The zero-order chi connectivity index (χ0) is 34.0. The van der Waals surface area contributed by atoms with Crippen LogP contribution < -0.4 is 15.0 Å². The molecule has 1 amide bonds. The molecule has 1 atom stereocenters. The quantitative estimate of drug-likeness (QED) is 0.0912. The zero-order valence-electron chi connectivity index (χ0n) is 26.9. The van der Waals surface area contributed by atoms with Gasteiger partial charge in [-0.25, -0.2) is 4.79 Å². The SMILES string of the molecule is O=C(c1ccccc1)c1ccccc1NC(Cc1ccc(OCCCN(C(=O)c2cccc3ccccc23)c2ccccc2)cc1)C(=O)O. The van der Waals surface area contributed by atoms with Crippen molar-refractivity contribution in [2.24, 2.45) is 0 Å². The first-order valence-corrected chi connectivity index (χ1v) is 16.2. The van der Waals surface area contributed by atoms with E-state index in [2.05, 4.69) is 5.32 Å². The van der Waals surface area contributed by atoms with Crippen LogP contribution in [-0.2, 0) is 11.2 Å². The van der Waals surface area contributed by atoms with E-state index in [4.69, 9.17) is 4.74 Å². The number of carbonyl (C=O) groups is 3. The maximum Gasteiger partial charge on any atom is 0.326 e. The number of para-hydroxylation sites is 2. The van der Waals surface area contributed by atoms with Gasteiger partial charge in [-0.05, 0) is 65.2 Å². The summed E-state index contributed by atoms with van der Waals surface area (Å²) in [4.78, 5) is 41.1. The van der Waals surface area contributed by atoms with Crippen molar-refractivity contribution in [1.82, 2.24) is 0 Å². The van der Waals surface area contributed by atoms with Crippen LogP contribution in [0.15, 0.2) is 152 Å². The molecule has 0 bridgehead atoms. The lowest BCUT2D eigenvalue weighted by molar-refractivity contribution is -0.137. The standard InChI is InChI=1S/C42H36N2O5/c45-40(32-14-3-1-4-15-32)37-20-9-10-22-38(37)43-39(42(47)48)29-30-23-25-34(26-24-30)49-28-12-27-44(33-17-5-2-6-18-33)41(46)36-21-11-16-31-13-7-8-19-35(31)36/h1-11,13-26,39,43H,12,27-29H2,(H,47,48). The van der Waals surface area contributed by atoms with E-state index in [1.165, 1.54) is 0 Å². The van der Waals surface area contributed by atoms with E-state index >= 15 is 0 Å². The van der Waals surface area contributed by atoms with Gasteiger partial charge in [0, 0.05) is 41.0 Å². The van der Waals surface area contributed by atoms with Crippen molar-refractivity contribution >= 4 is 39.8 Å². The van der Waals surface area contributed by atoms with Gasteiger partial charge < -0.3 is 20.1 Å². The number of rotatable bonds is 14. The van der Waals surface area contributed by atoms with Crippen LogP contribution >= 0.6 is 0 Å². The minimum absolute atomic E-state index is 0.0685. The van der Waals surface area contributed by atoms with E-state index in [0.717, 1.165) is 22.0 Å². The van der Waals surface area contributed by atoms with Gasteiger partial charge in [0.15, 0.2) is 5.78 Å². The van der Waals surface area contributed by atoms with Crippen LogP contribution in [0.5, 0.6) is 5.75 Å². The first-order chi connectivity index (χ1) is 24.0. The van der Waals surface area contributed by atoms with E-state index in [-0.39, 0.29) is 18.1 Å². The maximum absolute atomic E-state index is 13.9. The van der Waals surface area contributed by atoms with Crippen molar-refractivity contribution in [2.75, 3.05) is 23.4 Å². The summed E-state index contributed by atoms with van der Waals surface area (Å²) in [6.07, 6.45) is 0.797. The molecule has 0 saturated heterocycles. The molecule has 0 saturated carbocycles. The fourth-order valence-corrected chi connectivity index (χ4v) is 5.82. The number of aliphatic carboxylic acids is 1. The second kappa shape index (κ2) is 15.6. The predicted octanol–water partition coefficient (Wildman–Crippen LogP) is 8.29. The summed E-state index contributed by atoms with van der Waals surface area (Å²) in [7, 11) is 0. The summed E-state index contributed by atoms with van der Waals surface area (Å²) < 4.78 is 6.03. The van der Waals surface area contributed by atoms with E-state index in [1.807, 2.05) is 103 Å². The summed E-state index contributed by atoms with van der Waals surface area (Å²) in [5, 5.41) is 15.0. The van der Waals surface area contributed by atoms with Gasteiger partial charge in [-0.3, -0.25) is 9.59 Å². The van der Waals surface area contributed by atoms with Crippen LogP contribution in [-0.4, -0.2) is 42.0 Å². The monoisotopic (exact) mass is 648 g/mol. The minimum Gasteiger partial charge on any atom is -0.494 e. The Balaban J connectivity index is 1.07. The van der Waals surface area contributed by atoms with Crippen LogP contribution in [0.2, 0.25) is 0 Å². The van der Waals surface area contributed by atoms with Crippen molar-refractivity contribution < 1.29 is 24.2 Å². The Bertz CT molecular complexity index is 2040. The molecule has 0 aliphatic carbocycles. The second-order valence-electron chi connectivity index (χ2n) is 11.6. The summed E-state index contributed by atoms with van der Waals surface area (Å²) >= 11 is 0. The number of hydrogen-bond donors (Lipinski definition) is 2. The number of nitrogens with one attached hydrogen (secondary N) is 1. The summed E-state index contributed by atoms with van der Waals surface area (Å²) in [6.45, 7) is 0.849. The molecule has 6 aromatic carbocycles. The Kier molecular flexibility index (Phi) is 10.4. The first-order valence-electron chi connectivity index (χ1n) is 16.2. The number of anilines is 2. The number of ketones is 1. The Labute approximate surface area is 285 Å². The van der Waals surface area contributed by atoms with E-state index in [9.17, 15) is 19.5 Å². The number of carboxylic acids is 1. The third-order valence-electron chi connectivity index (χ3n) is 8.33. The van der Waals surface area contributed by atoms with Crippen LogP contribution in [0.25, 0.3) is 10.8 Å². The highest BCUT2D eigenvalue weighted by atomic mass is 16.5. The lowest BCUT2D eigenvalue weighted by Crippen LogP contribution is -2.32. The maximum atomic E-state index is 13.9. The average molecular weight is 649 g/mol. The number of carboxylic acid groups (broad SMARTS) is 1. The van der Waals surface area contributed by atoms with Crippen molar-refractivity contribution in [3.05, 3.63) is 174 Å². The van der Waals surface area contributed by atoms with Crippen molar-refractivity contribution in [3.8, 4) is 5.75 Å². The molecule has 2 N–H and O–H groups in total. The topological polar surface area (TPSA) is 95.9 Å². The zero-order valence-corrected chi connectivity index (χ0v) is 26.9. The largest absolute Gasteiger partial charge is 0.494 e. The van der Waals surface area contributed by atoms with E-state index in [0.29, 0.717) is 47.7 Å². The molecule has 49 heavy (non-hydrogen) atoms. The molecule has 1 unspecified atom stereocenters. The van der Waals surface area contributed by atoms with Gasteiger partial charge in [-0.15, -0.1) is 0 Å². The van der Waals surface area contributed by atoms with Crippen LogP contribution in [0, 0.1) is 0 Å². The van der Waals surface area contributed by atoms with Crippen molar-refractivity contribution in [3.63, 3.8) is 0 Å². The molecule has 6 aromatic rings. The van der Waals surface area contributed by atoms with Crippen LogP contribution in [0.4, 0.5) is 11.4 Å². The number of benzene rings is 6. The van der Waals surface area contributed by atoms with Gasteiger partial charge in [0.1, 0.15) is 11.8 Å². The highest BCUT2D eigenvalue weighted by Gasteiger charge is 2.22. The summed E-state index contributed by atoms with van der Waals surface area (Å²) in [5.41, 5.74) is 3.68. The molecule has 0 aromatic heterocycles. The molecular weight excluding hydrogens is 612 g/mol. The third-order valence-corrected chi connectivity index (χ3v) is 8.33. The van der Waals surface area contributed by atoms with Crippen LogP contribution in [0.1, 0.15) is 38.3 Å². The molecule has 0 fully saturated rings. The normalized spacial score (nSPS) is 11.4. The van der Waals surface area contributed by atoms with Gasteiger partial charge >= 0.3 is 5.97 Å². The highest BCUT2D eigenvalue weighted by Crippen LogP contribution is 2.25. The molecule has 244 valence electrons.